The second-order valence-corrected chi connectivity index (χ2v) is 5.13. The topological polar surface area (TPSA) is 144 Å². The third-order valence-corrected chi connectivity index (χ3v) is 3.77. The molecule has 0 spiro atoms. The van der Waals surface area contributed by atoms with Crippen molar-refractivity contribution in [1.82, 2.24) is 14.5 Å². The second kappa shape index (κ2) is 5.60. The Hall–Kier alpha value is -2.51. The van der Waals surface area contributed by atoms with Gasteiger partial charge in [-0.05, 0) is 0 Å². The summed E-state index contributed by atoms with van der Waals surface area (Å²) in [4.78, 5) is 19.7. The van der Waals surface area contributed by atoms with Crippen LogP contribution < -0.4 is 11.2 Å². The number of nitrogen functional groups attached to an aromatic ring is 1. The Bertz CT molecular complexity index is 845. The number of nitrogens with two attached hydrogens (primary N) is 1. The Kier molecular flexibility index (Phi) is 3.75. The summed E-state index contributed by atoms with van der Waals surface area (Å²) in [7, 11) is 0. The molecule has 1 unspecified atom stereocenters. The first-order valence-electron chi connectivity index (χ1n) is 6.73. The van der Waals surface area contributed by atoms with E-state index >= 15 is 0 Å². The smallest absolute Gasteiger partial charge is 0.194 e. The average Bonchev–Trinajstić information content (AvgIpc) is 2.83. The maximum Gasteiger partial charge on any atom is 0.194 e. The van der Waals surface area contributed by atoms with Gasteiger partial charge in [-0.2, -0.15) is 0 Å². The molecule has 2 aromatic heterocycles. The molecule has 23 heavy (non-hydrogen) atoms. The van der Waals surface area contributed by atoms with Crippen LogP contribution in [0, 0.1) is 12.3 Å². The van der Waals surface area contributed by atoms with E-state index in [2.05, 4.69) is 9.97 Å². The Morgan fingerprint density at radius 2 is 2.13 bits per heavy atom. The average molecular weight is 318 g/mol. The van der Waals surface area contributed by atoms with Crippen LogP contribution in [0.1, 0.15) is 6.23 Å². The van der Waals surface area contributed by atoms with Crippen molar-refractivity contribution in [2.75, 3.05) is 5.73 Å². The van der Waals surface area contributed by atoms with Crippen LogP contribution in [0.4, 0.5) is 5.82 Å². The minimum atomic E-state index is -1.40. The van der Waals surface area contributed by atoms with E-state index < -0.39 is 30.6 Å². The summed E-state index contributed by atoms with van der Waals surface area (Å²) < 4.78 is 6.82. The third kappa shape index (κ3) is 2.34. The largest absolute Gasteiger partial charge is 0.387 e. The number of aliphatic hydroxyl groups excluding tert-OH is 3. The summed E-state index contributed by atoms with van der Waals surface area (Å²) in [6, 6.07) is 1.22. The molecule has 1 aliphatic heterocycles. The summed E-state index contributed by atoms with van der Waals surface area (Å²) in [6.07, 6.45) is 1.18. The highest BCUT2D eigenvalue weighted by molar-refractivity contribution is 5.84. The first-order chi connectivity index (χ1) is 11.0. The zero-order valence-corrected chi connectivity index (χ0v) is 11.8. The van der Waals surface area contributed by atoms with Gasteiger partial charge in [-0.3, -0.25) is 4.79 Å². The number of nitrogens with zero attached hydrogens (tertiary/aromatic N) is 3. The SMILES string of the molecule is C#CC(O)[C@H]1O[C@@H](n2ccc(=O)c3c(N)ncnc32)[C@H](O)[C@@H]1O. The van der Waals surface area contributed by atoms with Crippen LogP contribution in [0.3, 0.4) is 0 Å². The first-order valence-corrected chi connectivity index (χ1v) is 6.73. The van der Waals surface area contributed by atoms with E-state index in [1.807, 2.05) is 5.92 Å². The van der Waals surface area contributed by atoms with Gasteiger partial charge in [0.2, 0.25) is 0 Å². The quantitative estimate of drug-likeness (QED) is 0.465. The van der Waals surface area contributed by atoms with Gasteiger partial charge in [-0.15, -0.1) is 6.42 Å². The van der Waals surface area contributed by atoms with Gasteiger partial charge < -0.3 is 30.4 Å². The molecule has 9 heteroatoms. The molecule has 5 atom stereocenters. The summed E-state index contributed by atoms with van der Waals surface area (Å²) in [5, 5.41) is 29.9. The zero-order valence-electron chi connectivity index (χ0n) is 11.8. The standard InChI is InChI=1S/C14H14N4O5/c1-2-6(19)11-9(21)10(22)14(23-11)18-4-3-7(20)8-12(15)16-5-17-13(8)18/h1,3-6,9-11,14,19,21-22H,(H2,15,16,17)/t6?,9-,10+,11+,14+/m0/s1. The van der Waals surface area contributed by atoms with E-state index in [9.17, 15) is 20.1 Å². The fourth-order valence-corrected chi connectivity index (χ4v) is 2.60. The molecule has 0 saturated carbocycles. The number of rotatable bonds is 2. The number of hydrogen-bond donors (Lipinski definition) is 4. The van der Waals surface area contributed by atoms with E-state index in [0.717, 1.165) is 0 Å². The number of terminal acetylenes is 1. The van der Waals surface area contributed by atoms with Gasteiger partial charge in [0, 0.05) is 12.3 Å². The molecule has 0 aromatic carbocycles. The summed E-state index contributed by atoms with van der Waals surface area (Å²) in [6.45, 7) is 0. The molecule has 120 valence electrons. The molecule has 2 aromatic rings. The predicted octanol–water partition coefficient (Wildman–Crippen LogP) is -2.01. The molecule has 1 aliphatic rings. The Morgan fingerprint density at radius 3 is 2.83 bits per heavy atom. The van der Waals surface area contributed by atoms with E-state index in [4.69, 9.17) is 16.9 Å². The van der Waals surface area contributed by atoms with Crippen LogP contribution in [0.2, 0.25) is 0 Å². The third-order valence-electron chi connectivity index (χ3n) is 3.77. The first kappa shape index (κ1) is 15.4. The molecule has 0 aliphatic carbocycles. The van der Waals surface area contributed by atoms with Crippen LogP contribution in [0.15, 0.2) is 23.4 Å². The lowest BCUT2D eigenvalue weighted by atomic mass is 10.1. The lowest BCUT2D eigenvalue weighted by Crippen LogP contribution is -2.37. The molecule has 3 rings (SSSR count). The molecule has 3 heterocycles. The molecule has 5 N–H and O–H groups in total. The minimum Gasteiger partial charge on any atom is -0.387 e. The monoisotopic (exact) mass is 318 g/mol. The van der Waals surface area contributed by atoms with Crippen molar-refractivity contribution >= 4 is 16.9 Å². The Balaban J connectivity index is 2.12. The van der Waals surface area contributed by atoms with Crippen molar-refractivity contribution in [2.24, 2.45) is 0 Å². The van der Waals surface area contributed by atoms with Gasteiger partial charge in [0.15, 0.2) is 17.3 Å². The summed E-state index contributed by atoms with van der Waals surface area (Å²) >= 11 is 0. The fourth-order valence-electron chi connectivity index (χ4n) is 2.60. The van der Waals surface area contributed by atoms with Crippen LogP contribution in [-0.4, -0.2) is 54.3 Å². The summed E-state index contributed by atoms with van der Waals surface area (Å²) in [5.74, 6) is 2.03. The maximum atomic E-state index is 11.9. The zero-order chi connectivity index (χ0) is 16.7. The van der Waals surface area contributed by atoms with E-state index in [1.165, 1.54) is 23.2 Å². The minimum absolute atomic E-state index is 0.0115. The lowest BCUT2D eigenvalue weighted by Gasteiger charge is -2.20. The fraction of sp³-hybridized carbons (Fsp3) is 0.357. The molecule has 1 fully saturated rings. The molecule has 0 bridgehead atoms. The molecule has 0 amide bonds. The van der Waals surface area contributed by atoms with Crippen molar-refractivity contribution < 1.29 is 20.1 Å². The van der Waals surface area contributed by atoms with E-state index in [0.29, 0.717) is 0 Å². The maximum absolute atomic E-state index is 11.9. The van der Waals surface area contributed by atoms with Crippen LogP contribution in [0.5, 0.6) is 0 Å². The van der Waals surface area contributed by atoms with Crippen LogP contribution in [-0.2, 0) is 4.74 Å². The number of fused-ring (bicyclic) bond motifs is 1. The Morgan fingerprint density at radius 1 is 1.39 bits per heavy atom. The van der Waals surface area contributed by atoms with Crippen molar-refractivity contribution in [2.45, 2.75) is 30.6 Å². The van der Waals surface area contributed by atoms with Gasteiger partial charge in [-0.25, -0.2) is 9.97 Å². The van der Waals surface area contributed by atoms with E-state index in [1.54, 1.807) is 0 Å². The van der Waals surface area contributed by atoms with Crippen molar-refractivity contribution in [1.29, 1.82) is 0 Å². The van der Waals surface area contributed by atoms with Gasteiger partial charge >= 0.3 is 0 Å². The summed E-state index contributed by atoms with van der Waals surface area (Å²) in [5.41, 5.74) is 5.45. The van der Waals surface area contributed by atoms with Crippen molar-refractivity contribution in [3.63, 3.8) is 0 Å². The molecular weight excluding hydrogens is 304 g/mol. The van der Waals surface area contributed by atoms with Gasteiger partial charge in [0.25, 0.3) is 0 Å². The number of anilines is 1. The lowest BCUT2D eigenvalue weighted by molar-refractivity contribution is -0.0673. The predicted molar refractivity (Wildman–Crippen MR) is 79.0 cm³/mol. The number of ether oxygens (including phenoxy) is 1. The van der Waals surface area contributed by atoms with Crippen molar-refractivity contribution in [3.8, 4) is 12.3 Å². The van der Waals surface area contributed by atoms with Gasteiger partial charge in [0.1, 0.15) is 41.9 Å². The van der Waals surface area contributed by atoms with Crippen molar-refractivity contribution in [3.05, 3.63) is 28.8 Å². The Labute approximate surface area is 130 Å². The van der Waals surface area contributed by atoms with Gasteiger partial charge in [0.05, 0.1) is 0 Å². The number of aliphatic hydroxyl groups is 3. The molecule has 0 radical (unpaired) electrons. The number of hydrogen-bond acceptors (Lipinski definition) is 8. The highest BCUT2D eigenvalue weighted by Gasteiger charge is 2.46. The molecule has 1 saturated heterocycles. The van der Waals surface area contributed by atoms with E-state index in [-0.39, 0.29) is 22.3 Å². The number of aromatic nitrogens is 3. The van der Waals surface area contributed by atoms with Gasteiger partial charge in [-0.1, -0.05) is 5.92 Å². The highest BCUT2D eigenvalue weighted by atomic mass is 16.6. The molecular formula is C14H14N4O5. The normalized spacial score (nSPS) is 28.6. The van der Waals surface area contributed by atoms with Crippen LogP contribution in [0.25, 0.3) is 11.0 Å². The van der Waals surface area contributed by atoms with Crippen LogP contribution >= 0.6 is 0 Å². The molecule has 9 nitrogen and oxygen atoms in total. The second-order valence-electron chi connectivity index (χ2n) is 5.13. The number of pyridine rings is 1. The highest BCUT2D eigenvalue weighted by Crippen LogP contribution is 2.32.